The summed E-state index contributed by atoms with van der Waals surface area (Å²) in [5.41, 5.74) is 5.37. The summed E-state index contributed by atoms with van der Waals surface area (Å²) in [6.07, 6.45) is 0. The van der Waals surface area contributed by atoms with Crippen molar-refractivity contribution in [3.05, 3.63) is 28.3 Å². The summed E-state index contributed by atoms with van der Waals surface area (Å²) >= 11 is 0. The van der Waals surface area contributed by atoms with Crippen LogP contribution in [0.3, 0.4) is 0 Å². The lowest BCUT2D eigenvalue weighted by atomic mass is 10.2. The molecule has 0 spiro atoms. The molecule has 25 heavy (non-hydrogen) atoms. The van der Waals surface area contributed by atoms with E-state index in [-0.39, 0.29) is 17.1 Å². The maximum absolute atomic E-state index is 12.3. The van der Waals surface area contributed by atoms with Crippen LogP contribution in [0.2, 0.25) is 0 Å². The lowest BCUT2D eigenvalue weighted by molar-refractivity contribution is -0.384. The van der Waals surface area contributed by atoms with Gasteiger partial charge >= 0.3 is 11.8 Å². The van der Waals surface area contributed by atoms with Crippen molar-refractivity contribution in [2.75, 3.05) is 51.7 Å². The number of hydrogen-bond donors (Lipinski definition) is 2. The molecule has 10 nitrogen and oxygen atoms in total. The number of nitrogens with one attached hydrogen (secondary N) is 1. The number of amides is 2. The summed E-state index contributed by atoms with van der Waals surface area (Å²) in [5, 5.41) is 13.3. The topological polar surface area (TPSA) is 131 Å². The molecule has 1 aliphatic rings. The summed E-state index contributed by atoms with van der Waals surface area (Å²) in [6, 6.07) is 3.78. The van der Waals surface area contributed by atoms with Gasteiger partial charge in [-0.3, -0.25) is 24.6 Å². The smallest absolute Gasteiger partial charge is 0.314 e. The first-order chi connectivity index (χ1) is 12.0. The highest BCUT2D eigenvalue weighted by Crippen LogP contribution is 2.28. The summed E-state index contributed by atoms with van der Waals surface area (Å²) in [6.45, 7) is 3.45. The number of nitro benzene ring substituents is 1. The molecule has 1 aliphatic heterocycles. The van der Waals surface area contributed by atoms with Crippen LogP contribution in [0.4, 0.5) is 11.4 Å². The summed E-state index contributed by atoms with van der Waals surface area (Å²) in [4.78, 5) is 38.3. The van der Waals surface area contributed by atoms with E-state index in [2.05, 4.69) is 10.2 Å². The molecule has 0 aliphatic carbocycles. The molecule has 10 heteroatoms. The van der Waals surface area contributed by atoms with E-state index in [0.717, 1.165) is 12.6 Å². The second-order valence-electron chi connectivity index (χ2n) is 5.52. The highest BCUT2D eigenvalue weighted by molar-refractivity contribution is 6.39. The van der Waals surface area contributed by atoms with Gasteiger partial charge in [-0.25, -0.2) is 0 Å². The zero-order valence-corrected chi connectivity index (χ0v) is 13.9. The van der Waals surface area contributed by atoms with Gasteiger partial charge in [0.2, 0.25) is 0 Å². The number of anilines is 1. The number of carbonyl (C=O) groups is 2. The zero-order valence-electron chi connectivity index (χ0n) is 13.9. The molecule has 0 radical (unpaired) electrons. The van der Waals surface area contributed by atoms with E-state index in [1.807, 2.05) is 0 Å². The van der Waals surface area contributed by atoms with Crippen LogP contribution in [0.25, 0.3) is 0 Å². The average Bonchev–Trinajstić information content (AvgIpc) is 2.61. The first-order valence-electron chi connectivity index (χ1n) is 7.81. The molecular weight excluding hydrogens is 330 g/mol. The van der Waals surface area contributed by atoms with Gasteiger partial charge in [-0.15, -0.1) is 0 Å². The van der Waals surface area contributed by atoms with E-state index in [4.69, 9.17) is 10.5 Å². The summed E-state index contributed by atoms with van der Waals surface area (Å²) in [7, 11) is 1.37. The van der Waals surface area contributed by atoms with Crippen LogP contribution >= 0.6 is 0 Å². The van der Waals surface area contributed by atoms with Crippen molar-refractivity contribution < 1.29 is 19.2 Å². The number of ether oxygens (including phenoxy) is 1. The second kappa shape index (κ2) is 8.40. The maximum Gasteiger partial charge on any atom is 0.314 e. The van der Waals surface area contributed by atoms with Gasteiger partial charge in [-0.1, -0.05) is 0 Å². The largest absolute Gasteiger partial charge is 0.495 e. The number of methoxy groups -OCH3 is 1. The Kier molecular flexibility index (Phi) is 6.25. The molecule has 0 saturated carbocycles. The van der Waals surface area contributed by atoms with Crippen molar-refractivity contribution in [3.8, 4) is 5.75 Å². The predicted octanol–water partition coefficient (Wildman–Crippen LogP) is -0.355. The second-order valence-corrected chi connectivity index (χ2v) is 5.52. The molecule has 0 atom stereocenters. The summed E-state index contributed by atoms with van der Waals surface area (Å²) < 4.78 is 5.07. The molecule has 2 rings (SSSR count). The number of rotatable bonds is 5. The number of hydrogen-bond acceptors (Lipinski definition) is 7. The number of benzene rings is 1. The molecule has 2 amide bonds. The fourth-order valence-corrected chi connectivity index (χ4v) is 2.58. The molecule has 1 aromatic rings. The van der Waals surface area contributed by atoms with Crippen LogP contribution in [-0.4, -0.2) is 72.9 Å². The van der Waals surface area contributed by atoms with Gasteiger partial charge in [-0.05, 0) is 6.07 Å². The van der Waals surface area contributed by atoms with Gasteiger partial charge in [-0.2, -0.15) is 0 Å². The van der Waals surface area contributed by atoms with E-state index < -0.39 is 16.7 Å². The van der Waals surface area contributed by atoms with Gasteiger partial charge in [0, 0.05) is 51.4 Å². The summed E-state index contributed by atoms with van der Waals surface area (Å²) in [5.74, 6) is -1.30. The molecule has 3 N–H and O–H groups in total. The third-order valence-corrected chi connectivity index (χ3v) is 3.94. The van der Waals surface area contributed by atoms with E-state index in [9.17, 15) is 19.7 Å². The quantitative estimate of drug-likeness (QED) is 0.421. The minimum Gasteiger partial charge on any atom is -0.495 e. The molecule has 0 bridgehead atoms. The molecule has 136 valence electrons. The Balaban J connectivity index is 2.03. The molecule has 0 unspecified atom stereocenters. The molecule has 1 fully saturated rings. The fraction of sp³-hybridized carbons (Fsp3) is 0.467. The van der Waals surface area contributed by atoms with Crippen molar-refractivity contribution in [1.82, 2.24) is 9.80 Å². The Morgan fingerprint density at radius 3 is 2.56 bits per heavy atom. The Bertz CT molecular complexity index is 658. The van der Waals surface area contributed by atoms with E-state index in [1.165, 1.54) is 24.1 Å². The SMILES string of the molecule is COc1ccc([N+](=O)[O-])cc1NC(=O)C(=O)N1CCN(CCN)CC1. The Morgan fingerprint density at radius 1 is 1.32 bits per heavy atom. The van der Waals surface area contributed by atoms with Gasteiger partial charge in [0.15, 0.2) is 0 Å². The van der Waals surface area contributed by atoms with Crippen LogP contribution < -0.4 is 15.8 Å². The van der Waals surface area contributed by atoms with E-state index in [0.29, 0.717) is 32.7 Å². The number of non-ortho nitro benzene ring substituents is 1. The maximum atomic E-state index is 12.3. The van der Waals surface area contributed by atoms with Crippen LogP contribution in [0.1, 0.15) is 0 Å². The standard InChI is InChI=1S/C15H21N5O5/c1-25-13-3-2-11(20(23)24)10-12(13)17-14(21)15(22)19-8-6-18(5-4-16)7-9-19/h2-3,10H,4-9,16H2,1H3,(H,17,21). The van der Waals surface area contributed by atoms with E-state index in [1.54, 1.807) is 0 Å². The first kappa shape index (κ1) is 18.6. The Morgan fingerprint density at radius 2 is 2.00 bits per heavy atom. The van der Waals surface area contributed by atoms with Crippen molar-refractivity contribution in [3.63, 3.8) is 0 Å². The van der Waals surface area contributed by atoms with Gasteiger partial charge in [0.05, 0.1) is 17.7 Å². The van der Waals surface area contributed by atoms with Gasteiger partial charge < -0.3 is 20.7 Å². The monoisotopic (exact) mass is 351 g/mol. The Hall–Kier alpha value is -2.72. The van der Waals surface area contributed by atoms with Crippen molar-refractivity contribution in [1.29, 1.82) is 0 Å². The Labute approximate surface area is 144 Å². The third kappa shape index (κ3) is 4.64. The number of nitrogens with two attached hydrogens (primary N) is 1. The van der Waals surface area contributed by atoms with Crippen LogP contribution in [0.15, 0.2) is 18.2 Å². The molecule has 1 saturated heterocycles. The lowest BCUT2D eigenvalue weighted by Gasteiger charge is -2.34. The third-order valence-electron chi connectivity index (χ3n) is 3.94. The van der Waals surface area contributed by atoms with Crippen molar-refractivity contribution in [2.24, 2.45) is 5.73 Å². The number of piperazine rings is 1. The minimum atomic E-state index is -0.855. The number of nitrogens with zero attached hydrogens (tertiary/aromatic N) is 3. The normalized spacial score (nSPS) is 14.9. The predicted molar refractivity (Wildman–Crippen MR) is 90.4 cm³/mol. The molecule has 1 aromatic carbocycles. The highest BCUT2D eigenvalue weighted by atomic mass is 16.6. The van der Waals surface area contributed by atoms with Crippen molar-refractivity contribution >= 4 is 23.2 Å². The van der Waals surface area contributed by atoms with Crippen LogP contribution in [0, 0.1) is 10.1 Å². The zero-order chi connectivity index (χ0) is 18.4. The molecule has 0 aromatic heterocycles. The lowest BCUT2D eigenvalue weighted by Crippen LogP contribution is -2.52. The first-order valence-corrected chi connectivity index (χ1v) is 7.81. The highest BCUT2D eigenvalue weighted by Gasteiger charge is 2.26. The molecule has 1 heterocycles. The number of nitro groups is 1. The number of carbonyl (C=O) groups excluding carboxylic acids is 2. The van der Waals surface area contributed by atoms with E-state index >= 15 is 0 Å². The van der Waals surface area contributed by atoms with Crippen LogP contribution in [0.5, 0.6) is 5.75 Å². The van der Waals surface area contributed by atoms with Crippen molar-refractivity contribution in [2.45, 2.75) is 0 Å². The minimum absolute atomic E-state index is 0.0804. The molecular formula is C15H21N5O5. The van der Waals surface area contributed by atoms with Gasteiger partial charge in [0.25, 0.3) is 5.69 Å². The van der Waals surface area contributed by atoms with Crippen LogP contribution in [-0.2, 0) is 9.59 Å². The average molecular weight is 351 g/mol. The van der Waals surface area contributed by atoms with Gasteiger partial charge in [0.1, 0.15) is 5.75 Å². The fourth-order valence-electron chi connectivity index (χ4n) is 2.58.